The summed E-state index contributed by atoms with van der Waals surface area (Å²) in [6.07, 6.45) is 4.73. The summed E-state index contributed by atoms with van der Waals surface area (Å²) in [4.78, 5) is 9.33. The van der Waals surface area contributed by atoms with E-state index < -0.39 is 0 Å². The van der Waals surface area contributed by atoms with E-state index in [4.69, 9.17) is 4.98 Å². The molecular formula is C22H25N3. The van der Waals surface area contributed by atoms with Gasteiger partial charge in [-0.15, -0.1) is 0 Å². The molecule has 3 heteroatoms. The highest BCUT2D eigenvalue weighted by Crippen LogP contribution is 2.28. The third-order valence-electron chi connectivity index (χ3n) is 5.34. The average Bonchev–Trinajstić information content (AvgIpc) is 3.08. The van der Waals surface area contributed by atoms with Crippen LogP contribution in [0.3, 0.4) is 0 Å². The highest BCUT2D eigenvalue weighted by atomic mass is 15.0. The minimum atomic E-state index is 0.817. The normalized spacial score (nSPS) is 13.2. The molecular weight excluding hydrogens is 306 g/mol. The van der Waals surface area contributed by atoms with Gasteiger partial charge in [0.25, 0.3) is 0 Å². The van der Waals surface area contributed by atoms with Crippen molar-refractivity contribution < 1.29 is 0 Å². The lowest BCUT2D eigenvalue weighted by atomic mass is 10.0. The van der Waals surface area contributed by atoms with Crippen molar-refractivity contribution in [3.05, 3.63) is 64.0 Å². The Kier molecular flexibility index (Phi) is 4.16. The molecule has 4 rings (SSSR count). The summed E-state index contributed by atoms with van der Waals surface area (Å²) in [6, 6.07) is 11.1. The van der Waals surface area contributed by atoms with Gasteiger partial charge >= 0.3 is 0 Å². The van der Waals surface area contributed by atoms with Gasteiger partial charge in [0.15, 0.2) is 0 Å². The largest absolute Gasteiger partial charge is 0.365 e. The molecule has 0 spiro atoms. The third-order valence-corrected chi connectivity index (χ3v) is 5.34. The summed E-state index contributed by atoms with van der Waals surface area (Å²) >= 11 is 0. The maximum absolute atomic E-state index is 4.69. The second-order valence-electron chi connectivity index (χ2n) is 7.03. The minimum Gasteiger partial charge on any atom is -0.365 e. The smallest absolute Gasteiger partial charge is 0.137 e. The molecule has 1 aliphatic carbocycles. The molecule has 0 bridgehead atoms. The van der Waals surface area contributed by atoms with Crippen LogP contribution in [-0.4, -0.2) is 9.97 Å². The van der Waals surface area contributed by atoms with Crippen molar-refractivity contribution in [2.24, 2.45) is 0 Å². The fourth-order valence-corrected chi connectivity index (χ4v) is 4.00. The molecule has 0 amide bonds. The van der Waals surface area contributed by atoms with Crippen molar-refractivity contribution in [3.63, 3.8) is 0 Å². The zero-order valence-electron chi connectivity index (χ0n) is 15.3. The van der Waals surface area contributed by atoms with Crippen LogP contribution in [0.25, 0.3) is 10.9 Å². The van der Waals surface area contributed by atoms with Gasteiger partial charge in [-0.3, -0.25) is 0 Å². The number of anilines is 1. The first kappa shape index (κ1) is 16.1. The van der Waals surface area contributed by atoms with Crippen LogP contribution in [0.5, 0.6) is 0 Å². The number of fused-ring (bicyclic) bond motifs is 2. The molecule has 3 nitrogen and oxygen atoms in total. The van der Waals surface area contributed by atoms with E-state index in [1.54, 1.807) is 0 Å². The van der Waals surface area contributed by atoms with Crippen molar-refractivity contribution in [2.75, 3.05) is 5.32 Å². The zero-order chi connectivity index (χ0) is 17.4. The molecule has 1 aromatic heterocycles. The van der Waals surface area contributed by atoms with Crippen LogP contribution < -0.4 is 5.32 Å². The van der Waals surface area contributed by atoms with Crippen molar-refractivity contribution in [2.45, 2.75) is 53.0 Å². The molecule has 0 radical (unpaired) electrons. The van der Waals surface area contributed by atoms with E-state index in [-0.39, 0.29) is 0 Å². The van der Waals surface area contributed by atoms with E-state index in [1.807, 2.05) is 6.92 Å². The minimum absolute atomic E-state index is 0.817. The van der Waals surface area contributed by atoms with Crippen LogP contribution in [-0.2, 0) is 25.8 Å². The molecule has 0 saturated carbocycles. The first-order chi connectivity index (χ1) is 12.2. The molecule has 3 aromatic rings. The van der Waals surface area contributed by atoms with Crippen LogP contribution in [0.2, 0.25) is 0 Å². The Morgan fingerprint density at radius 3 is 2.76 bits per heavy atom. The lowest BCUT2D eigenvalue weighted by Gasteiger charge is -2.14. The summed E-state index contributed by atoms with van der Waals surface area (Å²) in [7, 11) is 0. The zero-order valence-corrected chi connectivity index (χ0v) is 15.3. The Labute approximate surface area is 149 Å². The molecule has 0 aliphatic heterocycles. The average molecular weight is 331 g/mol. The summed E-state index contributed by atoms with van der Waals surface area (Å²) in [5.74, 6) is 1.77. The van der Waals surface area contributed by atoms with Crippen LogP contribution in [0.4, 0.5) is 5.82 Å². The Balaban J connectivity index is 1.71. The van der Waals surface area contributed by atoms with Gasteiger partial charge in [-0.05, 0) is 79.5 Å². The second-order valence-corrected chi connectivity index (χ2v) is 7.03. The number of nitrogens with zero attached hydrogens (tertiary/aromatic N) is 2. The van der Waals surface area contributed by atoms with Crippen molar-refractivity contribution in [1.29, 1.82) is 0 Å². The summed E-state index contributed by atoms with van der Waals surface area (Å²) in [5, 5.41) is 4.72. The topological polar surface area (TPSA) is 37.8 Å². The third kappa shape index (κ3) is 2.99. The monoisotopic (exact) mass is 331 g/mol. The highest BCUT2D eigenvalue weighted by molar-refractivity contribution is 5.90. The second kappa shape index (κ2) is 6.47. The first-order valence-corrected chi connectivity index (χ1v) is 9.27. The van der Waals surface area contributed by atoms with E-state index in [2.05, 4.69) is 54.5 Å². The van der Waals surface area contributed by atoms with Gasteiger partial charge < -0.3 is 5.32 Å². The fraction of sp³-hybridized carbons (Fsp3) is 0.364. The molecule has 1 N–H and O–H groups in total. The van der Waals surface area contributed by atoms with Gasteiger partial charge in [-0.25, -0.2) is 9.97 Å². The van der Waals surface area contributed by atoms with E-state index >= 15 is 0 Å². The Bertz CT molecular complexity index is 944. The molecule has 0 atom stereocenters. The predicted octanol–water partition coefficient (Wildman–Crippen LogP) is 4.91. The summed E-state index contributed by atoms with van der Waals surface area (Å²) < 4.78 is 0. The van der Waals surface area contributed by atoms with Crippen LogP contribution in [0.15, 0.2) is 30.3 Å². The van der Waals surface area contributed by atoms with E-state index in [0.29, 0.717) is 0 Å². The first-order valence-electron chi connectivity index (χ1n) is 9.27. The number of rotatable bonds is 4. The molecule has 1 heterocycles. The van der Waals surface area contributed by atoms with Gasteiger partial charge in [0.1, 0.15) is 11.6 Å². The Morgan fingerprint density at radius 2 is 1.92 bits per heavy atom. The predicted molar refractivity (Wildman–Crippen MR) is 104 cm³/mol. The number of hydrogen-bond donors (Lipinski definition) is 1. The van der Waals surface area contributed by atoms with Crippen LogP contribution in [0.1, 0.15) is 47.0 Å². The van der Waals surface area contributed by atoms with E-state index in [0.717, 1.165) is 35.5 Å². The van der Waals surface area contributed by atoms with Gasteiger partial charge in [0, 0.05) is 11.9 Å². The summed E-state index contributed by atoms with van der Waals surface area (Å²) in [6.45, 7) is 7.15. The summed E-state index contributed by atoms with van der Waals surface area (Å²) in [5.41, 5.74) is 8.16. The number of aryl methyl sites for hydroxylation is 4. The number of benzene rings is 2. The molecule has 0 unspecified atom stereocenters. The SMILES string of the molecule is CCc1cc2c(NCc3cccc4c3CCC4)nc(C)nc2cc1C. The Hall–Kier alpha value is -2.42. The lowest BCUT2D eigenvalue weighted by Crippen LogP contribution is -2.07. The van der Waals surface area contributed by atoms with Crippen molar-refractivity contribution in [3.8, 4) is 0 Å². The van der Waals surface area contributed by atoms with Crippen molar-refractivity contribution in [1.82, 2.24) is 9.97 Å². The number of nitrogens with one attached hydrogen (secondary N) is 1. The molecule has 1 aliphatic rings. The number of aromatic nitrogens is 2. The molecule has 25 heavy (non-hydrogen) atoms. The van der Waals surface area contributed by atoms with E-state index in [9.17, 15) is 0 Å². The molecule has 0 fully saturated rings. The van der Waals surface area contributed by atoms with Crippen LogP contribution >= 0.6 is 0 Å². The maximum Gasteiger partial charge on any atom is 0.137 e. The van der Waals surface area contributed by atoms with Crippen LogP contribution in [0, 0.1) is 13.8 Å². The van der Waals surface area contributed by atoms with Gasteiger partial charge in [0.2, 0.25) is 0 Å². The van der Waals surface area contributed by atoms with E-state index in [1.165, 1.54) is 47.1 Å². The standard InChI is InChI=1S/C22H25N3/c1-4-16-12-20-21(11-14(16)2)24-15(3)25-22(20)23-13-18-9-5-7-17-8-6-10-19(17)18/h5,7,9,11-12H,4,6,8,10,13H2,1-3H3,(H,23,24,25). The number of hydrogen-bond acceptors (Lipinski definition) is 3. The lowest BCUT2D eigenvalue weighted by molar-refractivity contribution is 0.905. The van der Waals surface area contributed by atoms with Gasteiger partial charge in [-0.2, -0.15) is 0 Å². The maximum atomic E-state index is 4.69. The van der Waals surface area contributed by atoms with Crippen molar-refractivity contribution >= 4 is 16.7 Å². The fourth-order valence-electron chi connectivity index (χ4n) is 4.00. The van der Waals surface area contributed by atoms with Gasteiger partial charge in [0.05, 0.1) is 5.52 Å². The highest BCUT2D eigenvalue weighted by Gasteiger charge is 2.15. The molecule has 0 saturated heterocycles. The Morgan fingerprint density at radius 1 is 1.04 bits per heavy atom. The van der Waals surface area contributed by atoms with Gasteiger partial charge in [-0.1, -0.05) is 25.1 Å². The quantitative estimate of drug-likeness (QED) is 0.738. The molecule has 128 valence electrons. The molecule has 2 aromatic carbocycles.